The fraction of sp³-hybridized carbons (Fsp3) is 0.500. The summed E-state index contributed by atoms with van der Waals surface area (Å²) < 4.78 is 31.4. The molecule has 17 heteroatoms. The van der Waals surface area contributed by atoms with Gasteiger partial charge in [-0.25, -0.2) is 19.3 Å². The molecule has 3 aliphatic heterocycles. The van der Waals surface area contributed by atoms with Crippen LogP contribution in [0.25, 0.3) is 22.1 Å². The van der Waals surface area contributed by atoms with Gasteiger partial charge < -0.3 is 23.2 Å². The Balaban J connectivity index is 0.000000141. The molecule has 3 aliphatic rings. The molecule has 4 aromatic heterocycles. The van der Waals surface area contributed by atoms with Gasteiger partial charge in [-0.05, 0) is 101 Å². The number of hydrogen-bond donors (Lipinski definition) is 0. The zero-order chi connectivity index (χ0) is 31.9. The second-order valence-electron chi connectivity index (χ2n) is 10.9. The summed E-state index contributed by atoms with van der Waals surface area (Å²) in [6.45, 7) is 9.06. The molecule has 3 saturated heterocycles. The summed E-state index contributed by atoms with van der Waals surface area (Å²) in [6.07, 6.45) is 9.59. The van der Waals surface area contributed by atoms with Crippen LogP contribution in [-0.2, 0) is 23.2 Å². The van der Waals surface area contributed by atoms with E-state index >= 15 is 0 Å². The Hall–Kier alpha value is -3.06. The number of nitriles is 2. The normalized spacial score (nSPS) is 20.1. The molecule has 232 valence electrons. The van der Waals surface area contributed by atoms with Crippen LogP contribution in [0.15, 0.2) is 24.5 Å². The van der Waals surface area contributed by atoms with E-state index in [1.54, 1.807) is 12.4 Å². The van der Waals surface area contributed by atoms with Crippen LogP contribution in [0.3, 0.4) is 0 Å². The molecule has 0 amide bonds. The largest absolute Gasteiger partial charge is 0.453 e. The third-order valence-electron chi connectivity index (χ3n) is 7.50. The second-order valence-corrected chi connectivity index (χ2v) is 12.0. The maximum atomic E-state index is 8.90. The van der Waals surface area contributed by atoms with E-state index in [0.29, 0.717) is 11.1 Å². The fourth-order valence-corrected chi connectivity index (χ4v) is 6.05. The Bertz CT molecular complexity index is 1560. The second kappa shape index (κ2) is 15.5. The van der Waals surface area contributed by atoms with Crippen LogP contribution in [0.5, 0.6) is 0 Å². The SMILES string of the molecule is CB1OB(C)OB(C)O1.Cc1nn(C2CCCCO2)c2ncc(C#N)cc12.N#Cc1cnc2c(c1)c(I)nn2C1CCCCO1. The number of ether oxygens (including phenoxy) is 2. The summed E-state index contributed by atoms with van der Waals surface area (Å²) >= 11 is 2.17. The molecule has 0 aromatic carbocycles. The van der Waals surface area contributed by atoms with Gasteiger partial charge in [-0.15, -0.1) is 0 Å². The molecule has 13 nitrogen and oxygen atoms in total. The standard InChI is InChI=1S/C13H14N4O.C12H11IN4O.C3H9B3O3/c1-9-11-6-10(7-14)8-15-13(11)17(16-9)12-4-2-3-5-18-12;13-11-9-5-8(6-14)7-15-12(9)17(16-11)10-3-1-2-4-18-10;1-4-7-5(2)9-6(3)8-4/h6,8,12H,2-5H2,1H3;5,7,10H,1-4H2;1-3H3. The molecule has 2 unspecified atom stereocenters. The molecule has 0 N–H and O–H groups in total. The Morgan fingerprint density at radius 2 is 1.22 bits per heavy atom. The molecule has 3 fully saturated rings. The van der Waals surface area contributed by atoms with Gasteiger partial charge in [0.2, 0.25) is 0 Å². The van der Waals surface area contributed by atoms with Gasteiger partial charge in [0.25, 0.3) is 0 Å². The number of nitrogens with zero attached hydrogens (tertiary/aromatic N) is 8. The number of aryl methyl sites for hydroxylation is 1. The highest BCUT2D eigenvalue weighted by Crippen LogP contribution is 2.29. The van der Waals surface area contributed by atoms with E-state index in [2.05, 4.69) is 54.9 Å². The molecule has 2 atom stereocenters. The van der Waals surface area contributed by atoms with Crippen LogP contribution in [0.4, 0.5) is 0 Å². The van der Waals surface area contributed by atoms with Gasteiger partial charge in [0.15, 0.2) is 23.8 Å². The first kappa shape index (κ1) is 33.3. The quantitative estimate of drug-likeness (QED) is 0.195. The van der Waals surface area contributed by atoms with Crippen molar-refractivity contribution in [2.45, 2.75) is 78.4 Å². The van der Waals surface area contributed by atoms with Crippen molar-refractivity contribution in [1.29, 1.82) is 10.5 Å². The summed E-state index contributed by atoms with van der Waals surface area (Å²) in [4.78, 5) is 8.69. The summed E-state index contributed by atoms with van der Waals surface area (Å²) in [6, 6.07) is 7.87. The molecule has 4 aromatic rings. The van der Waals surface area contributed by atoms with Crippen molar-refractivity contribution in [1.82, 2.24) is 29.5 Å². The lowest BCUT2D eigenvalue weighted by atomic mass is 9.74. The van der Waals surface area contributed by atoms with Crippen LogP contribution in [0.2, 0.25) is 20.5 Å². The van der Waals surface area contributed by atoms with E-state index in [0.717, 1.165) is 83.2 Å². The number of aromatic nitrogens is 6. The van der Waals surface area contributed by atoms with Gasteiger partial charge in [-0.1, -0.05) is 0 Å². The monoisotopic (exact) mass is 722 g/mol. The summed E-state index contributed by atoms with van der Waals surface area (Å²) in [5, 5.41) is 28.7. The van der Waals surface area contributed by atoms with E-state index < -0.39 is 0 Å². The first-order chi connectivity index (χ1) is 21.8. The van der Waals surface area contributed by atoms with Crippen LogP contribution in [0, 0.1) is 33.3 Å². The zero-order valence-corrected chi connectivity index (χ0v) is 28.0. The van der Waals surface area contributed by atoms with Crippen LogP contribution in [0.1, 0.15) is 67.8 Å². The number of rotatable bonds is 2. The Morgan fingerprint density at radius 1 is 0.756 bits per heavy atom. The molecular weight excluding hydrogens is 688 g/mol. The minimum absolute atomic E-state index is 0.0182. The molecular formula is C28H34B3IN8O5. The van der Waals surface area contributed by atoms with Crippen molar-refractivity contribution in [3.05, 3.63) is 45.0 Å². The van der Waals surface area contributed by atoms with Gasteiger partial charge >= 0.3 is 21.4 Å². The number of pyridine rings is 2. The van der Waals surface area contributed by atoms with Gasteiger partial charge in [-0.2, -0.15) is 20.7 Å². The van der Waals surface area contributed by atoms with E-state index in [1.807, 2.05) is 48.9 Å². The lowest BCUT2D eigenvalue weighted by molar-refractivity contribution is -0.0372. The summed E-state index contributed by atoms with van der Waals surface area (Å²) in [5.41, 5.74) is 3.62. The first-order valence-electron chi connectivity index (χ1n) is 15.2. The third-order valence-corrected chi connectivity index (χ3v) is 8.29. The highest BCUT2D eigenvalue weighted by molar-refractivity contribution is 14.1. The molecule has 45 heavy (non-hydrogen) atoms. The Morgan fingerprint density at radius 3 is 1.69 bits per heavy atom. The molecule has 7 rings (SSSR count). The van der Waals surface area contributed by atoms with E-state index in [9.17, 15) is 0 Å². The number of halogens is 1. The lowest BCUT2D eigenvalue weighted by Crippen LogP contribution is -2.44. The van der Waals surface area contributed by atoms with Crippen molar-refractivity contribution in [2.24, 2.45) is 0 Å². The van der Waals surface area contributed by atoms with Crippen LogP contribution < -0.4 is 0 Å². The number of fused-ring (bicyclic) bond motifs is 2. The van der Waals surface area contributed by atoms with Crippen molar-refractivity contribution in [3.8, 4) is 12.1 Å². The Kier molecular flexibility index (Phi) is 11.5. The molecule has 0 radical (unpaired) electrons. The molecule has 0 bridgehead atoms. The summed E-state index contributed by atoms with van der Waals surface area (Å²) in [5.74, 6) is 0. The van der Waals surface area contributed by atoms with Gasteiger partial charge in [-0.3, -0.25) is 0 Å². The highest BCUT2D eigenvalue weighted by Gasteiger charge is 2.31. The van der Waals surface area contributed by atoms with Crippen molar-refractivity contribution >= 4 is 66.0 Å². The predicted molar refractivity (Wildman–Crippen MR) is 178 cm³/mol. The minimum atomic E-state index is -0.135. The topological polar surface area (TPSA) is 155 Å². The molecule has 7 heterocycles. The predicted octanol–water partition coefficient (Wildman–Crippen LogP) is 5.32. The zero-order valence-electron chi connectivity index (χ0n) is 25.8. The van der Waals surface area contributed by atoms with E-state index in [-0.39, 0.29) is 33.8 Å². The molecule has 0 saturated carbocycles. The molecule has 0 spiro atoms. The average Bonchev–Trinajstić information content (AvgIpc) is 3.57. The van der Waals surface area contributed by atoms with E-state index in [4.69, 9.17) is 33.7 Å². The lowest BCUT2D eigenvalue weighted by Gasteiger charge is -2.25. The van der Waals surface area contributed by atoms with Crippen molar-refractivity contribution < 1.29 is 23.2 Å². The van der Waals surface area contributed by atoms with E-state index in [1.165, 1.54) is 0 Å². The van der Waals surface area contributed by atoms with Gasteiger partial charge in [0.1, 0.15) is 15.8 Å². The summed E-state index contributed by atoms with van der Waals surface area (Å²) in [7, 11) is -0.406. The smallest absolute Gasteiger partial charge is 0.426 e. The fourth-order valence-electron chi connectivity index (χ4n) is 5.42. The maximum absolute atomic E-state index is 8.90. The third kappa shape index (κ3) is 8.22. The maximum Gasteiger partial charge on any atom is 0.426 e. The van der Waals surface area contributed by atoms with Crippen LogP contribution in [-0.4, -0.2) is 64.1 Å². The molecule has 0 aliphatic carbocycles. The van der Waals surface area contributed by atoms with Crippen molar-refractivity contribution in [3.63, 3.8) is 0 Å². The van der Waals surface area contributed by atoms with Crippen molar-refractivity contribution in [2.75, 3.05) is 13.2 Å². The first-order valence-corrected chi connectivity index (χ1v) is 16.2. The van der Waals surface area contributed by atoms with Crippen LogP contribution >= 0.6 is 22.6 Å². The average molecular weight is 722 g/mol. The van der Waals surface area contributed by atoms with Gasteiger partial charge in [0.05, 0.1) is 22.2 Å². The number of hydrogen-bond acceptors (Lipinski definition) is 11. The van der Waals surface area contributed by atoms with Gasteiger partial charge in [0, 0.05) is 31.0 Å². The highest BCUT2D eigenvalue weighted by atomic mass is 127. The Labute approximate surface area is 277 Å². The minimum Gasteiger partial charge on any atom is -0.453 e.